The molecule has 0 aliphatic rings. The van der Waals surface area contributed by atoms with Gasteiger partial charge in [-0.2, -0.15) is 0 Å². The maximum atomic E-state index is 8.41. The van der Waals surface area contributed by atoms with Gasteiger partial charge in [-0.05, 0) is 0 Å². The first-order valence-corrected chi connectivity index (χ1v) is 1.39. The number of hydrogen-bond donors (Lipinski definition) is 0. The molecule has 3 nitrogen and oxygen atoms in total. The van der Waals surface area contributed by atoms with Crippen molar-refractivity contribution in [3.05, 3.63) is 0 Å². The average Bonchev–Trinajstić information content (AvgIpc) is 0.811. The standard InChI is InChI=1S/ClO3.Hg/c2-1(3)4;/q-1;+1. The molecule has 1 radical (unpaired) electrons. The van der Waals surface area contributed by atoms with Crippen LogP contribution in [0, 0.1) is 10.8 Å². The summed E-state index contributed by atoms with van der Waals surface area (Å²) in [5, 5.41) is 0. The Labute approximate surface area is 52.5 Å². The molecule has 0 heterocycles. The van der Waals surface area contributed by atoms with Crippen LogP contribution >= 0.6 is 0 Å². The molecule has 0 unspecified atom stereocenters. The second kappa shape index (κ2) is 5.11. The molecule has 27 valence electrons. The molecule has 0 bridgehead atoms. The molecule has 0 aromatic carbocycles. The van der Waals surface area contributed by atoms with Gasteiger partial charge in [0.2, 0.25) is 0 Å². The molecule has 0 spiro atoms. The maximum Gasteiger partial charge on any atom is 1.00 e. The third kappa shape index (κ3) is 40.3. The Morgan fingerprint density at radius 3 is 1.00 bits per heavy atom. The van der Waals surface area contributed by atoms with Crippen molar-refractivity contribution in [2.45, 2.75) is 0 Å². The van der Waals surface area contributed by atoms with Crippen molar-refractivity contribution in [3.8, 4) is 0 Å². The molecule has 0 saturated carbocycles. The van der Waals surface area contributed by atoms with Gasteiger partial charge in [-0.1, -0.05) is 0 Å². The number of rotatable bonds is 0. The molecule has 0 N–H and O–H groups in total. The van der Waals surface area contributed by atoms with Gasteiger partial charge in [-0.25, -0.2) is 0 Å². The Hall–Kier alpha value is 1.11. The molecule has 0 aliphatic heterocycles. The van der Waals surface area contributed by atoms with Crippen LogP contribution in [-0.4, -0.2) is 0 Å². The molecule has 0 fully saturated rings. The van der Waals surface area contributed by atoms with E-state index in [1.54, 1.807) is 0 Å². The molecule has 0 saturated heterocycles. The average molecular weight is 284 g/mol. The largest absolute Gasteiger partial charge is 1.00 e. The summed E-state index contributed by atoms with van der Waals surface area (Å²) < 4.78 is 25.2. The third-order valence-electron chi connectivity index (χ3n) is 0. The SMILES string of the molecule is [Hg+].[O-][Cl+2]([O-])[O-]. The van der Waals surface area contributed by atoms with Gasteiger partial charge >= 0.3 is 27.7 Å². The van der Waals surface area contributed by atoms with Crippen LogP contribution in [0.25, 0.3) is 0 Å². The smallest absolute Gasteiger partial charge is 0.357 e. The van der Waals surface area contributed by atoms with E-state index in [9.17, 15) is 0 Å². The third-order valence-corrected chi connectivity index (χ3v) is 0. The summed E-state index contributed by atoms with van der Waals surface area (Å²) in [6.45, 7) is 0. The molecule has 0 atom stereocenters. The first-order valence-electron chi connectivity index (χ1n) is 0.463. The van der Waals surface area contributed by atoms with Crippen LogP contribution in [0.5, 0.6) is 0 Å². The minimum Gasteiger partial charge on any atom is -0.357 e. The fourth-order valence-corrected chi connectivity index (χ4v) is 0. The monoisotopic (exact) mass is 285 g/mol. The predicted molar refractivity (Wildman–Crippen MR) is 0 cm³/mol. The first kappa shape index (κ1) is 9.44. The van der Waals surface area contributed by atoms with Gasteiger partial charge in [0.25, 0.3) is 0 Å². The number of hydrogen-bond acceptors (Lipinski definition) is 3. The molecule has 5 heteroatoms. The van der Waals surface area contributed by atoms with Crippen LogP contribution < -0.4 is 14.0 Å². The molecule has 0 aromatic heterocycles. The fourth-order valence-electron chi connectivity index (χ4n) is 0. The van der Waals surface area contributed by atoms with Gasteiger partial charge in [0.1, 0.15) is 0 Å². The zero-order valence-corrected chi connectivity index (χ0v) is 8.56. The van der Waals surface area contributed by atoms with E-state index < -0.39 is 10.8 Å². The Bertz CT molecular complexity index is 11.6. The van der Waals surface area contributed by atoms with E-state index in [1.165, 1.54) is 0 Å². The van der Waals surface area contributed by atoms with E-state index in [1.807, 2.05) is 0 Å². The summed E-state index contributed by atoms with van der Waals surface area (Å²) in [5.74, 6) is 0. The predicted octanol–water partition coefficient (Wildman–Crippen LogP) is -3.57. The van der Waals surface area contributed by atoms with Crippen LogP contribution in [0.15, 0.2) is 0 Å². The van der Waals surface area contributed by atoms with Crippen LogP contribution in [0.3, 0.4) is 0 Å². The zero-order valence-electron chi connectivity index (χ0n) is 2.31. The van der Waals surface area contributed by atoms with E-state index in [0.29, 0.717) is 0 Å². The van der Waals surface area contributed by atoms with E-state index in [2.05, 4.69) is 0 Å². The Morgan fingerprint density at radius 1 is 1.00 bits per heavy atom. The molecule has 0 aliphatic carbocycles. The van der Waals surface area contributed by atoms with Gasteiger partial charge in [-0.15, -0.1) is 0 Å². The topological polar surface area (TPSA) is 69.2 Å². The van der Waals surface area contributed by atoms with Gasteiger partial charge < -0.3 is 14.0 Å². The quantitative estimate of drug-likeness (QED) is 0.432. The van der Waals surface area contributed by atoms with Gasteiger partial charge in [0.15, 0.2) is 0 Å². The molecular formula is ClHgO3. The first-order chi connectivity index (χ1) is 1.73. The molecule has 0 aromatic rings. The second-order valence-electron chi connectivity index (χ2n) is 0.189. The van der Waals surface area contributed by atoms with Crippen LogP contribution in [0.1, 0.15) is 0 Å². The van der Waals surface area contributed by atoms with Crippen molar-refractivity contribution < 1.29 is 52.4 Å². The van der Waals surface area contributed by atoms with E-state index in [0.717, 1.165) is 0 Å². The van der Waals surface area contributed by atoms with Crippen molar-refractivity contribution in [1.29, 1.82) is 0 Å². The summed E-state index contributed by atoms with van der Waals surface area (Å²) >= 11 is 0. The van der Waals surface area contributed by atoms with Gasteiger partial charge in [0, 0.05) is 0 Å². The molecular weight excluding hydrogens is 284 g/mol. The zero-order chi connectivity index (χ0) is 3.58. The Kier molecular flexibility index (Phi) is 9.64. The van der Waals surface area contributed by atoms with Crippen molar-refractivity contribution >= 4 is 0 Å². The van der Waals surface area contributed by atoms with Crippen molar-refractivity contribution in [2.75, 3.05) is 0 Å². The molecule has 5 heavy (non-hydrogen) atoms. The van der Waals surface area contributed by atoms with Crippen LogP contribution in [0.4, 0.5) is 0 Å². The van der Waals surface area contributed by atoms with Crippen LogP contribution in [-0.2, 0) is 27.7 Å². The summed E-state index contributed by atoms with van der Waals surface area (Å²) in [6.07, 6.45) is 0. The normalized spacial score (nSPS) is 7.20. The minimum atomic E-state index is -2.85. The second-order valence-corrected chi connectivity index (χ2v) is 0.567. The number of halogens is 1. The van der Waals surface area contributed by atoms with E-state index in [4.69, 9.17) is 14.0 Å². The Morgan fingerprint density at radius 2 is 1.00 bits per heavy atom. The van der Waals surface area contributed by atoms with Crippen LogP contribution in [0.2, 0.25) is 0 Å². The summed E-state index contributed by atoms with van der Waals surface area (Å²) in [4.78, 5) is 0. The van der Waals surface area contributed by atoms with E-state index >= 15 is 0 Å². The Balaban J connectivity index is 0. The summed E-state index contributed by atoms with van der Waals surface area (Å²) in [6, 6.07) is 0. The van der Waals surface area contributed by atoms with Gasteiger partial charge in [0.05, 0.1) is 10.8 Å². The van der Waals surface area contributed by atoms with Crippen molar-refractivity contribution in [1.82, 2.24) is 0 Å². The maximum absolute atomic E-state index is 8.41. The van der Waals surface area contributed by atoms with Crippen molar-refractivity contribution in [2.24, 2.45) is 0 Å². The summed E-state index contributed by atoms with van der Waals surface area (Å²) in [5.41, 5.74) is 0. The molecule has 0 rings (SSSR count). The minimum absolute atomic E-state index is 0. The molecule has 0 amide bonds. The van der Waals surface area contributed by atoms with Crippen molar-refractivity contribution in [3.63, 3.8) is 0 Å². The van der Waals surface area contributed by atoms with Gasteiger partial charge in [-0.3, -0.25) is 0 Å². The van der Waals surface area contributed by atoms with E-state index in [-0.39, 0.29) is 27.7 Å². The fraction of sp³-hybridized carbons (Fsp3) is 0. The summed E-state index contributed by atoms with van der Waals surface area (Å²) in [7, 11) is -2.85.